The fraction of sp³-hybridized carbons (Fsp3) is 0.667. The van der Waals surface area contributed by atoms with E-state index in [9.17, 15) is 8.42 Å². The molecule has 22 heavy (non-hydrogen) atoms. The van der Waals surface area contributed by atoms with Crippen molar-refractivity contribution in [3.63, 3.8) is 0 Å². The van der Waals surface area contributed by atoms with Crippen LogP contribution in [0.4, 0.5) is 0 Å². The summed E-state index contributed by atoms with van der Waals surface area (Å²) in [6.45, 7) is 12.9. The first-order valence-corrected chi connectivity index (χ1v) is 9.24. The number of benzene rings is 1. The van der Waals surface area contributed by atoms with Crippen LogP contribution >= 0.6 is 0 Å². The third-order valence-electron chi connectivity index (χ3n) is 3.56. The second-order valence-electron chi connectivity index (χ2n) is 7.66. The molecule has 0 spiro atoms. The van der Waals surface area contributed by atoms with Gasteiger partial charge in [0.05, 0.1) is 6.26 Å². The summed E-state index contributed by atoms with van der Waals surface area (Å²) in [4.78, 5) is 0. The van der Waals surface area contributed by atoms with Gasteiger partial charge in [-0.25, -0.2) is 8.42 Å². The molecule has 0 aliphatic rings. The van der Waals surface area contributed by atoms with Crippen LogP contribution in [0.25, 0.3) is 0 Å². The first-order valence-electron chi connectivity index (χ1n) is 7.39. The van der Waals surface area contributed by atoms with Crippen molar-refractivity contribution in [1.82, 2.24) is 4.31 Å². The Hall–Kier alpha value is -0.870. The number of hydrogen-bond donors (Lipinski definition) is 0. The zero-order valence-electron chi connectivity index (χ0n) is 14.4. The molecular formula is C18H33NO2S. The zero-order chi connectivity index (χ0) is 16.5. The van der Waals surface area contributed by atoms with Crippen molar-refractivity contribution in [2.75, 3.05) is 12.8 Å². The minimum Gasteiger partial charge on any atom is -0.212 e. The zero-order valence-corrected chi connectivity index (χ0v) is 15.2. The van der Waals surface area contributed by atoms with Gasteiger partial charge in [-0.3, -0.25) is 0 Å². The lowest BCUT2D eigenvalue weighted by Crippen LogP contribution is -2.46. The quantitative estimate of drug-likeness (QED) is 0.830. The van der Waals surface area contributed by atoms with E-state index in [0.717, 1.165) is 6.42 Å². The number of nitrogens with zero attached hydrogens (tertiary/aromatic N) is 1. The number of rotatable bonds is 4. The summed E-state index contributed by atoms with van der Waals surface area (Å²) in [7, 11) is -3.21. The first-order chi connectivity index (χ1) is 9.33. The normalized spacial score (nSPS) is 13.1. The van der Waals surface area contributed by atoms with Crippen LogP contribution in [-0.2, 0) is 21.9 Å². The Morgan fingerprint density at radius 3 is 1.91 bits per heavy atom. The molecule has 1 aromatic rings. The van der Waals surface area contributed by atoms with Gasteiger partial charge in [-0.1, -0.05) is 52.5 Å². The third-order valence-corrected chi connectivity index (χ3v) is 5.09. The highest BCUT2D eigenvalue weighted by molar-refractivity contribution is 7.88. The van der Waals surface area contributed by atoms with E-state index in [4.69, 9.17) is 0 Å². The second kappa shape index (κ2) is 7.14. The van der Waals surface area contributed by atoms with Crippen LogP contribution in [0.2, 0.25) is 0 Å². The smallest absolute Gasteiger partial charge is 0.211 e. The molecule has 4 heteroatoms. The van der Waals surface area contributed by atoms with Crippen LogP contribution in [0.1, 0.15) is 60.1 Å². The van der Waals surface area contributed by atoms with E-state index in [-0.39, 0.29) is 12.8 Å². The predicted octanol–water partition coefficient (Wildman–Crippen LogP) is 4.22. The number of hydrogen-bond acceptors (Lipinski definition) is 2. The van der Waals surface area contributed by atoms with Crippen molar-refractivity contribution >= 4 is 10.0 Å². The molecule has 1 aromatic carbocycles. The fourth-order valence-electron chi connectivity index (χ4n) is 2.69. The van der Waals surface area contributed by atoms with Crippen LogP contribution in [0, 0.1) is 0 Å². The summed E-state index contributed by atoms with van der Waals surface area (Å²) in [5.74, 6) is 0. The standard InChI is InChI=1S/C17H29NO2S.CH4/c1-16(2,3)15-11-9-8-10-14(15)12-13-18(17(4,5)6)21(7,19)20;/h8-11H,12-13H2,1-7H3;1H4. The molecule has 0 aromatic heterocycles. The summed E-state index contributed by atoms with van der Waals surface area (Å²) < 4.78 is 25.6. The van der Waals surface area contributed by atoms with E-state index in [2.05, 4.69) is 32.9 Å². The molecule has 1 rings (SSSR count). The van der Waals surface area contributed by atoms with Gasteiger partial charge < -0.3 is 0 Å². The van der Waals surface area contributed by atoms with Gasteiger partial charge in [-0.2, -0.15) is 4.31 Å². The van der Waals surface area contributed by atoms with Gasteiger partial charge in [-0.05, 0) is 43.7 Å². The minimum atomic E-state index is -3.21. The lowest BCUT2D eigenvalue weighted by Gasteiger charge is -2.34. The molecule has 0 atom stereocenters. The SMILES string of the molecule is C.CC(C)(C)c1ccccc1CCN(C(C)(C)C)S(C)(=O)=O. The molecule has 128 valence electrons. The highest BCUT2D eigenvalue weighted by Gasteiger charge is 2.29. The maximum Gasteiger partial charge on any atom is 0.211 e. The van der Waals surface area contributed by atoms with Crippen LogP contribution in [-0.4, -0.2) is 31.1 Å². The van der Waals surface area contributed by atoms with Crippen molar-refractivity contribution < 1.29 is 8.42 Å². The predicted molar refractivity (Wildman–Crippen MR) is 96.9 cm³/mol. The summed E-state index contributed by atoms with van der Waals surface area (Å²) in [5, 5.41) is 0. The van der Waals surface area contributed by atoms with E-state index < -0.39 is 15.6 Å². The average Bonchev–Trinajstić information content (AvgIpc) is 2.24. The molecule has 0 fully saturated rings. The van der Waals surface area contributed by atoms with Crippen LogP contribution in [0.15, 0.2) is 24.3 Å². The highest BCUT2D eigenvalue weighted by atomic mass is 32.2. The summed E-state index contributed by atoms with van der Waals surface area (Å²) in [6, 6.07) is 8.30. The molecule has 0 amide bonds. The molecule has 0 saturated heterocycles. The van der Waals surface area contributed by atoms with Gasteiger partial charge in [0.25, 0.3) is 0 Å². The Morgan fingerprint density at radius 1 is 1.00 bits per heavy atom. The van der Waals surface area contributed by atoms with Gasteiger partial charge in [0.1, 0.15) is 0 Å². The molecule has 0 aliphatic carbocycles. The van der Waals surface area contributed by atoms with Gasteiger partial charge in [-0.15, -0.1) is 0 Å². The summed E-state index contributed by atoms with van der Waals surface area (Å²) in [6.07, 6.45) is 2.02. The van der Waals surface area contributed by atoms with Gasteiger partial charge in [0.2, 0.25) is 10.0 Å². The molecule has 0 unspecified atom stereocenters. The Kier molecular flexibility index (Phi) is 6.85. The Morgan fingerprint density at radius 2 is 1.50 bits per heavy atom. The van der Waals surface area contributed by atoms with E-state index in [0.29, 0.717) is 6.54 Å². The van der Waals surface area contributed by atoms with Crippen molar-refractivity contribution in [3.05, 3.63) is 35.4 Å². The Bertz CT molecular complexity index is 578. The molecule has 0 radical (unpaired) electrons. The first kappa shape index (κ1) is 21.1. The van der Waals surface area contributed by atoms with Crippen LogP contribution < -0.4 is 0 Å². The van der Waals surface area contributed by atoms with Gasteiger partial charge in [0, 0.05) is 12.1 Å². The van der Waals surface area contributed by atoms with E-state index in [1.54, 1.807) is 4.31 Å². The minimum absolute atomic E-state index is 0. The fourth-order valence-corrected chi connectivity index (χ4v) is 4.11. The Labute approximate surface area is 137 Å². The monoisotopic (exact) mass is 327 g/mol. The van der Waals surface area contributed by atoms with Gasteiger partial charge >= 0.3 is 0 Å². The maximum atomic E-state index is 12.0. The maximum absolute atomic E-state index is 12.0. The third kappa shape index (κ3) is 5.73. The van der Waals surface area contributed by atoms with Crippen molar-refractivity contribution in [2.45, 2.75) is 66.3 Å². The highest BCUT2D eigenvalue weighted by Crippen LogP contribution is 2.27. The molecule has 0 saturated carbocycles. The molecule has 0 heterocycles. The van der Waals surface area contributed by atoms with Crippen molar-refractivity contribution in [3.8, 4) is 0 Å². The summed E-state index contributed by atoms with van der Waals surface area (Å²) >= 11 is 0. The summed E-state index contributed by atoms with van der Waals surface area (Å²) in [5.41, 5.74) is 2.17. The molecule has 3 nitrogen and oxygen atoms in total. The van der Waals surface area contributed by atoms with E-state index in [1.165, 1.54) is 17.4 Å². The van der Waals surface area contributed by atoms with E-state index in [1.807, 2.05) is 32.9 Å². The lowest BCUT2D eigenvalue weighted by atomic mass is 9.83. The molecule has 0 aliphatic heterocycles. The number of sulfonamides is 1. The largest absolute Gasteiger partial charge is 0.212 e. The van der Waals surface area contributed by atoms with Crippen molar-refractivity contribution in [2.24, 2.45) is 0 Å². The average molecular weight is 328 g/mol. The topological polar surface area (TPSA) is 37.4 Å². The molecule has 0 bridgehead atoms. The van der Waals surface area contributed by atoms with E-state index >= 15 is 0 Å². The van der Waals surface area contributed by atoms with Crippen LogP contribution in [0.3, 0.4) is 0 Å². The second-order valence-corrected chi connectivity index (χ2v) is 9.57. The Balaban J connectivity index is 0.00000441. The molecule has 0 N–H and O–H groups in total. The lowest BCUT2D eigenvalue weighted by molar-refractivity contribution is 0.253. The molecular weight excluding hydrogens is 294 g/mol. The van der Waals surface area contributed by atoms with Crippen LogP contribution in [0.5, 0.6) is 0 Å². The van der Waals surface area contributed by atoms with Gasteiger partial charge in [0.15, 0.2) is 0 Å². The van der Waals surface area contributed by atoms with Crippen molar-refractivity contribution in [1.29, 1.82) is 0 Å².